The van der Waals surface area contributed by atoms with Gasteiger partial charge < -0.3 is 0 Å². The SMILES string of the molecule is CC(C)c1ccc(-c2ccccc2-c2c3ccccc3c(-c3c4ccccc4c(-c4ccccc4-c4ccccc4)c4ccccc34)c3ccccc23)cc1.CS. The lowest BCUT2D eigenvalue weighted by Crippen LogP contribution is -1.96. The van der Waals surface area contributed by atoms with Gasteiger partial charge in [-0.15, -0.1) is 0 Å². The second kappa shape index (κ2) is 15.6. The lowest BCUT2D eigenvalue weighted by atomic mass is 9.79. The van der Waals surface area contributed by atoms with Crippen molar-refractivity contribution in [2.75, 3.05) is 6.26 Å². The van der Waals surface area contributed by atoms with Gasteiger partial charge in [-0.05, 0) is 116 Å². The molecular formula is C56H44S. The standard InChI is InChI=1S/C55H40.CH4S/c1-36(2)37-32-34-39(35-33-37)41-21-7-9-23-43(41)53-46-26-12-16-30-50(46)55(51-31-17-13-27-47(51)53)54-48-28-14-10-24-44(48)52(45-25-11-15-29-49(45)54)42-22-8-6-20-40(42)38-18-4-3-5-19-38;1-2/h3-36H,1-2H3;2H,1H3. The summed E-state index contributed by atoms with van der Waals surface area (Å²) in [4.78, 5) is 0. The van der Waals surface area contributed by atoms with Gasteiger partial charge >= 0.3 is 0 Å². The summed E-state index contributed by atoms with van der Waals surface area (Å²) < 4.78 is 0. The molecule has 0 aliphatic rings. The topological polar surface area (TPSA) is 0 Å². The molecule has 0 fully saturated rings. The monoisotopic (exact) mass is 748 g/mol. The van der Waals surface area contributed by atoms with Gasteiger partial charge in [0.2, 0.25) is 0 Å². The third kappa shape index (κ3) is 6.29. The zero-order chi connectivity index (χ0) is 38.9. The van der Waals surface area contributed by atoms with Crippen LogP contribution in [0.2, 0.25) is 0 Å². The number of hydrogen-bond donors (Lipinski definition) is 1. The van der Waals surface area contributed by atoms with Crippen LogP contribution in [0.4, 0.5) is 0 Å². The van der Waals surface area contributed by atoms with E-state index in [1.807, 2.05) is 0 Å². The van der Waals surface area contributed by atoms with Crippen LogP contribution in [0.1, 0.15) is 25.3 Å². The van der Waals surface area contributed by atoms with Crippen molar-refractivity contribution in [3.05, 3.63) is 206 Å². The Morgan fingerprint density at radius 3 is 0.860 bits per heavy atom. The molecule has 0 amide bonds. The van der Waals surface area contributed by atoms with Crippen LogP contribution in [-0.4, -0.2) is 6.26 Å². The number of hydrogen-bond acceptors (Lipinski definition) is 1. The first-order valence-corrected chi connectivity index (χ1v) is 20.7. The maximum absolute atomic E-state index is 3.53. The molecule has 1 heteroatoms. The molecule has 0 unspecified atom stereocenters. The number of thiol groups is 1. The first-order valence-electron chi connectivity index (χ1n) is 19.8. The molecule has 0 aliphatic carbocycles. The number of rotatable bonds is 6. The molecule has 0 aliphatic heterocycles. The number of fused-ring (bicyclic) bond motifs is 4. The summed E-state index contributed by atoms with van der Waals surface area (Å²) in [7, 11) is 0. The van der Waals surface area contributed by atoms with Gasteiger partial charge in [0.15, 0.2) is 0 Å². The fraction of sp³-hybridized carbons (Fsp3) is 0.0714. The summed E-state index contributed by atoms with van der Waals surface area (Å²) in [6.45, 7) is 4.51. The summed E-state index contributed by atoms with van der Waals surface area (Å²) in [6, 6.07) is 74.0. The van der Waals surface area contributed by atoms with Crippen LogP contribution in [0, 0.1) is 0 Å². The largest absolute Gasteiger partial charge is 0.183 e. The van der Waals surface area contributed by atoms with E-state index in [0.717, 1.165) is 0 Å². The average Bonchev–Trinajstić information content (AvgIpc) is 3.28. The Morgan fingerprint density at radius 1 is 0.263 bits per heavy atom. The molecule has 274 valence electrons. The molecule has 0 bridgehead atoms. The maximum atomic E-state index is 3.53. The molecule has 57 heavy (non-hydrogen) atoms. The second-order valence-electron chi connectivity index (χ2n) is 14.9. The van der Waals surface area contributed by atoms with E-state index >= 15 is 0 Å². The van der Waals surface area contributed by atoms with E-state index < -0.39 is 0 Å². The van der Waals surface area contributed by atoms with E-state index in [1.165, 1.54) is 104 Å². The third-order valence-electron chi connectivity index (χ3n) is 11.5. The molecule has 0 radical (unpaired) electrons. The highest BCUT2D eigenvalue weighted by Gasteiger charge is 2.24. The van der Waals surface area contributed by atoms with Gasteiger partial charge in [0.1, 0.15) is 0 Å². The van der Waals surface area contributed by atoms with Crippen LogP contribution >= 0.6 is 12.6 Å². The van der Waals surface area contributed by atoms with Gasteiger partial charge in [-0.2, -0.15) is 12.6 Å². The minimum Gasteiger partial charge on any atom is -0.183 e. The molecular weight excluding hydrogens is 705 g/mol. The van der Waals surface area contributed by atoms with Crippen molar-refractivity contribution in [2.45, 2.75) is 19.8 Å². The third-order valence-corrected chi connectivity index (χ3v) is 11.5. The molecule has 0 saturated carbocycles. The molecule has 0 saturated heterocycles. The van der Waals surface area contributed by atoms with Crippen LogP contribution in [-0.2, 0) is 0 Å². The van der Waals surface area contributed by atoms with Crippen LogP contribution in [0.5, 0.6) is 0 Å². The summed E-state index contributed by atoms with van der Waals surface area (Å²) >= 11 is 3.53. The fourth-order valence-electron chi connectivity index (χ4n) is 8.95. The Kier molecular flexibility index (Phi) is 9.93. The van der Waals surface area contributed by atoms with Crippen LogP contribution in [0.25, 0.3) is 98.7 Å². The molecule has 0 N–H and O–H groups in total. The zero-order valence-corrected chi connectivity index (χ0v) is 33.5. The highest BCUT2D eigenvalue weighted by Crippen LogP contribution is 2.51. The van der Waals surface area contributed by atoms with Crippen molar-refractivity contribution in [3.63, 3.8) is 0 Å². The van der Waals surface area contributed by atoms with Crippen molar-refractivity contribution in [3.8, 4) is 55.6 Å². The lowest BCUT2D eigenvalue weighted by Gasteiger charge is -2.23. The molecule has 10 aromatic rings. The Hall–Kier alpha value is -6.41. The Balaban J connectivity index is 0.00000208. The van der Waals surface area contributed by atoms with Gasteiger partial charge in [-0.1, -0.05) is 214 Å². The first kappa shape index (κ1) is 36.2. The molecule has 0 spiro atoms. The smallest absolute Gasteiger partial charge is 0.00139 e. The molecule has 0 atom stereocenters. The highest BCUT2D eigenvalue weighted by molar-refractivity contribution is 7.79. The van der Waals surface area contributed by atoms with Crippen molar-refractivity contribution in [2.24, 2.45) is 0 Å². The van der Waals surface area contributed by atoms with Gasteiger partial charge in [0.25, 0.3) is 0 Å². The Labute approximate surface area is 341 Å². The second-order valence-corrected chi connectivity index (χ2v) is 14.9. The van der Waals surface area contributed by atoms with E-state index in [1.54, 1.807) is 6.26 Å². The predicted molar refractivity (Wildman–Crippen MR) is 253 cm³/mol. The Morgan fingerprint density at radius 2 is 0.526 bits per heavy atom. The fourth-order valence-corrected chi connectivity index (χ4v) is 8.95. The number of benzene rings is 10. The summed E-state index contributed by atoms with van der Waals surface area (Å²) in [5.74, 6) is 0.490. The summed E-state index contributed by atoms with van der Waals surface area (Å²) in [5, 5.41) is 10.1. The molecule has 0 nitrogen and oxygen atoms in total. The average molecular weight is 749 g/mol. The van der Waals surface area contributed by atoms with Crippen LogP contribution in [0.3, 0.4) is 0 Å². The normalized spacial score (nSPS) is 11.3. The van der Waals surface area contributed by atoms with Gasteiger partial charge in [0, 0.05) is 0 Å². The minimum absolute atomic E-state index is 0.490. The maximum Gasteiger partial charge on any atom is -0.00139 e. The van der Waals surface area contributed by atoms with Gasteiger partial charge in [-0.25, -0.2) is 0 Å². The van der Waals surface area contributed by atoms with Crippen molar-refractivity contribution in [1.82, 2.24) is 0 Å². The molecule has 0 aromatic heterocycles. The lowest BCUT2D eigenvalue weighted by molar-refractivity contribution is 0.867. The van der Waals surface area contributed by atoms with Crippen molar-refractivity contribution >= 4 is 55.7 Å². The first-order chi connectivity index (χ1) is 28.2. The van der Waals surface area contributed by atoms with Gasteiger partial charge in [0.05, 0.1) is 0 Å². The minimum atomic E-state index is 0.490. The zero-order valence-electron chi connectivity index (χ0n) is 32.6. The van der Waals surface area contributed by atoms with Crippen molar-refractivity contribution in [1.29, 1.82) is 0 Å². The predicted octanol–water partition coefficient (Wildman–Crippen LogP) is 16.3. The van der Waals surface area contributed by atoms with E-state index in [4.69, 9.17) is 0 Å². The quantitative estimate of drug-likeness (QED) is 0.127. The summed E-state index contributed by atoms with van der Waals surface area (Å²) in [6.07, 6.45) is 1.69. The van der Waals surface area contributed by atoms with Crippen molar-refractivity contribution < 1.29 is 0 Å². The van der Waals surface area contributed by atoms with Crippen LogP contribution < -0.4 is 0 Å². The molecule has 10 aromatic carbocycles. The van der Waals surface area contributed by atoms with Gasteiger partial charge in [-0.3, -0.25) is 0 Å². The Bertz CT molecular complexity index is 2930. The van der Waals surface area contributed by atoms with E-state index in [-0.39, 0.29) is 0 Å². The molecule has 10 rings (SSSR count). The van der Waals surface area contributed by atoms with E-state index in [2.05, 4.69) is 227 Å². The molecule has 0 heterocycles. The van der Waals surface area contributed by atoms with E-state index in [0.29, 0.717) is 5.92 Å². The summed E-state index contributed by atoms with van der Waals surface area (Å²) in [5.41, 5.74) is 13.9. The van der Waals surface area contributed by atoms with E-state index in [9.17, 15) is 0 Å². The highest BCUT2D eigenvalue weighted by atomic mass is 32.1. The van der Waals surface area contributed by atoms with Crippen LogP contribution in [0.15, 0.2) is 200 Å².